The lowest BCUT2D eigenvalue weighted by Crippen LogP contribution is -1.99. The van der Waals surface area contributed by atoms with E-state index < -0.39 is 0 Å². The fraction of sp³-hybridized carbons (Fsp3) is 0.188. The van der Waals surface area contributed by atoms with Gasteiger partial charge in [0.15, 0.2) is 0 Å². The summed E-state index contributed by atoms with van der Waals surface area (Å²) in [7, 11) is 0. The van der Waals surface area contributed by atoms with Crippen molar-refractivity contribution >= 4 is 39.1 Å². The molecule has 0 amide bonds. The minimum absolute atomic E-state index is 0.219. The molecule has 20 heavy (non-hydrogen) atoms. The van der Waals surface area contributed by atoms with E-state index >= 15 is 0 Å². The summed E-state index contributed by atoms with van der Waals surface area (Å²) in [5, 5.41) is 10.5. The van der Waals surface area contributed by atoms with Gasteiger partial charge in [-0.3, -0.25) is 0 Å². The van der Waals surface area contributed by atoms with Crippen LogP contribution in [0.3, 0.4) is 0 Å². The lowest BCUT2D eigenvalue weighted by Gasteiger charge is -2.11. The number of benzene rings is 2. The average Bonchev–Trinajstić information content (AvgIpc) is 2.43. The Morgan fingerprint density at radius 1 is 1.10 bits per heavy atom. The largest absolute Gasteiger partial charge is 0.198 e. The molecular weight excluding hydrogens is 357 g/mol. The number of hydrogen-bond donors (Lipinski definition) is 0. The topological polar surface area (TPSA) is 23.8 Å². The first kappa shape index (κ1) is 15.4. The van der Waals surface area contributed by atoms with E-state index in [4.69, 9.17) is 23.2 Å². The summed E-state index contributed by atoms with van der Waals surface area (Å²) in [6.07, 6.45) is 1.57. The second-order valence-corrected chi connectivity index (χ2v) is 6.27. The van der Waals surface area contributed by atoms with Crippen LogP contribution in [0.2, 0.25) is 10.0 Å². The molecule has 0 aliphatic rings. The molecule has 0 radical (unpaired) electrons. The summed E-state index contributed by atoms with van der Waals surface area (Å²) in [5.41, 5.74) is 2.05. The molecular formula is C16H12BrCl2N. The molecule has 2 rings (SSSR count). The summed E-state index contributed by atoms with van der Waals surface area (Å²) >= 11 is 15.5. The van der Waals surface area contributed by atoms with Crippen LogP contribution in [0.5, 0.6) is 0 Å². The second-order valence-electron chi connectivity index (χ2n) is 4.51. The Labute approximate surface area is 137 Å². The van der Waals surface area contributed by atoms with Crippen molar-refractivity contribution in [3.8, 4) is 6.07 Å². The quantitative estimate of drug-likeness (QED) is 0.649. The molecule has 0 aromatic heterocycles. The molecule has 4 heteroatoms. The summed E-state index contributed by atoms with van der Waals surface area (Å²) in [6.45, 7) is 0. The van der Waals surface area contributed by atoms with Crippen molar-refractivity contribution in [3.05, 3.63) is 68.1 Å². The number of aryl methyl sites for hydroxylation is 1. The minimum atomic E-state index is -0.219. The van der Waals surface area contributed by atoms with Gasteiger partial charge in [-0.05, 0) is 48.2 Å². The third kappa shape index (κ3) is 3.99. The normalized spacial score (nSPS) is 11.9. The van der Waals surface area contributed by atoms with Crippen LogP contribution in [-0.4, -0.2) is 0 Å². The molecule has 102 valence electrons. The van der Waals surface area contributed by atoms with E-state index in [9.17, 15) is 5.26 Å². The Bertz CT molecular complexity index is 632. The molecule has 0 saturated carbocycles. The first-order valence-corrected chi connectivity index (χ1v) is 7.74. The molecule has 0 N–H and O–H groups in total. The average molecular weight is 369 g/mol. The van der Waals surface area contributed by atoms with Crippen molar-refractivity contribution in [2.24, 2.45) is 0 Å². The minimum Gasteiger partial charge on any atom is -0.198 e. The van der Waals surface area contributed by atoms with Crippen molar-refractivity contribution in [1.29, 1.82) is 5.26 Å². The fourth-order valence-corrected chi connectivity index (χ4v) is 2.84. The Hall–Kier alpha value is -1.01. The predicted octanol–water partition coefficient (Wildman–Crippen LogP) is 6.00. The molecule has 0 aliphatic heterocycles. The van der Waals surface area contributed by atoms with Crippen LogP contribution in [-0.2, 0) is 6.42 Å². The van der Waals surface area contributed by atoms with Gasteiger partial charge in [0.25, 0.3) is 0 Å². The summed E-state index contributed by atoms with van der Waals surface area (Å²) < 4.78 is 1.05. The van der Waals surface area contributed by atoms with Gasteiger partial charge in [0.05, 0.1) is 12.0 Å². The number of hydrogen-bond acceptors (Lipinski definition) is 1. The van der Waals surface area contributed by atoms with Crippen molar-refractivity contribution < 1.29 is 0 Å². The Morgan fingerprint density at radius 3 is 2.40 bits per heavy atom. The highest BCUT2D eigenvalue weighted by atomic mass is 79.9. The van der Waals surface area contributed by atoms with E-state index in [0.29, 0.717) is 10.0 Å². The molecule has 0 spiro atoms. The smallest absolute Gasteiger partial charge is 0.0730 e. The zero-order valence-corrected chi connectivity index (χ0v) is 13.7. The molecule has 2 aromatic carbocycles. The molecule has 2 aromatic rings. The molecule has 0 heterocycles. The standard InChI is InChI=1S/C16H12BrCl2N/c17-13-5-2-11(3-6-13)1-4-12(10-20)15-8-7-14(18)9-16(15)19/h2-3,5-9,12H,1,4H2/t12-/m1/s1. The van der Waals surface area contributed by atoms with E-state index in [1.807, 2.05) is 18.2 Å². The first-order valence-electron chi connectivity index (χ1n) is 6.19. The van der Waals surface area contributed by atoms with E-state index in [2.05, 4.69) is 34.1 Å². The van der Waals surface area contributed by atoms with Crippen LogP contribution in [0.15, 0.2) is 46.9 Å². The Kier molecular flexibility index (Phi) is 5.48. The van der Waals surface area contributed by atoms with Gasteiger partial charge >= 0.3 is 0 Å². The highest BCUT2D eigenvalue weighted by molar-refractivity contribution is 9.10. The fourth-order valence-electron chi connectivity index (χ4n) is 2.04. The monoisotopic (exact) mass is 367 g/mol. The zero-order chi connectivity index (χ0) is 14.5. The highest BCUT2D eigenvalue weighted by Crippen LogP contribution is 2.30. The molecule has 0 saturated heterocycles. The van der Waals surface area contributed by atoms with Crippen LogP contribution >= 0.6 is 39.1 Å². The predicted molar refractivity (Wildman–Crippen MR) is 87.3 cm³/mol. The molecule has 0 bridgehead atoms. The van der Waals surface area contributed by atoms with Gasteiger partial charge in [-0.15, -0.1) is 0 Å². The molecule has 0 aliphatic carbocycles. The molecule has 1 nitrogen and oxygen atoms in total. The van der Waals surface area contributed by atoms with E-state index in [0.717, 1.165) is 22.9 Å². The van der Waals surface area contributed by atoms with Crippen LogP contribution in [0.25, 0.3) is 0 Å². The highest BCUT2D eigenvalue weighted by Gasteiger charge is 2.14. The third-order valence-electron chi connectivity index (χ3n) is 3.13. The molecule has 0 unspecified atom stereocenters. The van der Waals surface area contributed by atoms with Gasteiger partial charge in [-0.2, -0.15) is 5.26 Å². The summed E-state index contributed by atoms with van der Waals surface area (Å²) in [4.78, 5) is 0. The van der Waals surface area contributed by atoms with E-state index in [1.165, 1.54) is 5.56 Å². The molecule has 1 atom stereocenters. The van der Waals surface area contributed by atoms with Gasteiger partial charge < -0.3 is 0 Å². The number of nitriles is 1. The van der Waals surface area contributed by atoms with Crippen LogP contribution in [0.1, 0.15) is 23.5 Å². The number of rotatable bonds is 4. The van der Waals surface area contributed by atoms with Gasteiger partial charge in [0.2, 0.25) is 0 Å². The van der Waals surface area contributed by atoms with E-state index in [-0.39, 0.29) is 5.92 Å². The third-order valence-corrected chi connectivity index (χ3v) is 4.22. The SMILES string of the molecule is N#C[C@@H](CCc1ccc(Br)cc1)c1ccc(Cl)cc1Cl. The van der Waals surface area contributed by atoms with Crippen LogP contribution in [0.4, 0.5) is 0 Å². The van der Waals surface area contributed by atoms with Crippen LogP contribution < -0.4 is 0 Å². The van der Waals surface area contributed by atoms with Gasteiger partial charge in [0, 0.05) is 14.5 Å². The second kappa shape index (κ2) is 7.13. The summed E-state index contributed by atoms with van der Waals surface area (Å²) in [6, 6.07) is 15.7. The lowest BCUT2D eigenvalue weighted by atomic mass is 9.93. The Balaban J connectivity index is 2.09. The first-order chi connectivity index (χ1) is 9.60. The van der Waals surface area contributed by atoms with Crippen LogP contribution in [0, 0.1) is 11.3 Å². The maximum Gasteiger partial charge on any atom is 0.0730 e. The van der Waals surface area contributed by atoms with Gasteiger partial charge in [-0.25, -0.2) is 0 Å². The molecule has 0 fully saturated rings. The maximum atomic E-state index is 9.35. The van der Waals surface area contributed by atoms with Crippen molar-refractivity contribution in [2.75, 3.05) is 0 Å². The van der Waals surface area contributed by atoms with Gasteiger partial charge in [0.1, 0.15) is 0 Å². The van der Waals surface area contributed by atoms with Gasteiger partial charge in [-0.1, -0.05) is 57.3 Å². The number of halogens is 3. The maximum absolute atomic E-state index is 9.35. The van der Waals surface area contributed by atoms with Crippen molar-refractivity contribution in [1.82, 2.24) is 0 Å². The van der Waals surface area contributed by atoms with E-state index in [1.54, 1.807) is 12.1 Å². The Morgan fingerprint density at radius 2 is 1.80 bits per heavy atom. The van der Waals surface area contributed by atoms with Crippen molar-refractivity contribution in [2.45, 2.75) is 18.8 Å². The zero-order valence-electron chi connectivity index (χ0n) is 10.6. The van der Waals surface area contributed by atoms with Crippen molar-refractivity contribution in [3.63, 3.8) is 0 Å². The summed E-state index contributed by atoms with van der Waals surface area (Å²) in [5.74, 6) is -0.219. The number of nitrogens with zero attached hydrogens (tertiary/aromatic N) is 1. The lowest BCUT2D eigenvalue weighted by molar-refractivity contribution is 0.746.